The van der Waals surface area contributed by atoms with Gasteiger partial charge in [-0.05, 0) is 13.3 Å². The maximum Gasteiger partial charge on any atom is 0.411 e. The first kappa shape index (κ1) is 15.5. The molecule has 0 unspecified atom stereocenters. The lowest BCUT2D eigenvalue weighted by Gasteiger charge is -2.09. The van der Waals surface area contributed by atoms with Gasteiger partial charge in [-0.1, -0.05) is 0 Å². The van der Waals surface area contributed by atoms with Gasteiger partial charge in [-0.2, -0.15) is 13.2 Å². The van der Waals surface area contributed by atoms with Gasteiger partial charge in [0.2, 0.25) is 0 Å². The summed E-state index contributed by atoms with van der Waals surface area (Å²) in [7, 11) is 0. The van der Waals surface area contributed by atoms with E-state index in [-0.39, 0.29) is 19.6 Å². The van der Waals surface area contributed by atoms with Crippen LogP contribution in [0.2, 0.25) is 0 Å². The van der Waals surface area contributed by atoms with Gasteiger partial charge >= 0.3 is 11.9 Å². The maximum atomic E-state index is 11.8. The van der Waals surface area contributed by atoms with Gasteiger partial charge in [-0.25, -0.2) is 4.79 Å². The number of hydrogen-bond acceptors (Lipinski definition) is 3. The number of hydrogen-bond donors (Lipinski definition) is 0. The van der Waals surface area contributed by atoms with Crippen molar-refractivity contribution in [3.05, 3.63) is 33.1 Å². The predicted octanol–water partition coefficient (Wildman–Crippen LogP) is 0.999. The zero-order chi connectivity index (χ0) is 14.5. The van der Waals surface area contributed by atoms with Crippen molar-refractivity contribution in [1.82, 2.24) is 9.13 Å². The standard InChI is InChI=1S/C11H15F3N2O3/c1-2-15-6-4-9(17)16(10(15)18)5-3-7-19-8-11(12,13)14/h4,6H,2-3,5,7-8H2,1H3. The van der Waals surface area contributed by atoms with Gasteiger partial charge in [0.15, 0.2) is 0 Å². The van der Waals surface area contributed by atoms with Crippen molar-refractivity contribution >= 4 is 0 Å². The molecule has 1 aromatic heterocycles. The molecule has 0 radical (unpaired) electrons. The fraction of sp³-hybridized carbons (Fsp3) is 0.636. The molecule has 0 bridgehead atoms. The van der Waals surface area contributed by atoms with Gasteiger partial charge in [0.1, 0.15) is 6.61 Å². The zero-order valence-electron chi connectivity index (χ0n) is 10.4. The highest BCUT2D eigenvalue weighted by molar-refractivity contribution is 4.86. The number of halogens is 3. The Bertz CT molecular complexity index is 519. The molecule has 1 aromatic rings. The van der Waals surface area contributed by atoms with Crippen LogP contribution in [0.1, 0.15) is 13.3 Å². The fourth-order valence-electron chi connectivity index (χ4n) is 1.52. The van der Waals surface area contributed by atoms with Crippen molar-refractivity contribution in [3.63, 3.8) is 0 Å². The molecule has 108 valence electrons. The molecule has 0 amide bonds. The average Bonchev–Trinajstić information content (AvgIpc) is 2.31. The first-order chi connectivity index (χ1) is 8.85. The van der Waals surface area contributed by atoms with E-state index in [4.69, 9.17) is 0 Å². The highest BCUT2D eigenvalue weighted by Crippen LogP contribution is 2.14. The molecule has 0 aliphatic carbocycles. The normalized spacial score (nSPS) is 11.8. The summed E-state index contributed by atoms with van der Waals surface area (Å²) >= 11 is 0. The third-order valence-electron chi connectivity index (χ3n) is 2.42. The van der Waals surface area contributed by atoms with Crippen LogP contribution in [0, 0.1) is 0 Å². The minimum absolute atomic E-state index is 0.0381. The summed E-state index contributed by atoms with van der Waals surface area (Å²) in [4.78, 5) is 23.2. The molecule has 1 rings (SSSR count). The van der Waals surface area contributed by atoms with Crippen LogP contribution in [0.25, 0.3) is 0 Å². The second-order valence-corrected chi connectivity index (χ2v) is 3.90. The molecular weight excluding hydrogens is 265 g/mol. The fourth-order valence-corrected chi connectivity index (χ4v) is 1.52. The average molecular weight is 280 g/mol. The van der Waals surface area contributed by atoms with Crippen molar-refractivity contribution in [1.29, 1.82) is 0 Å². The van der Waals surface area contributed by atoms with E-state index in [1.165, 1.54) is 16.8 Å². The van der Waals surface area contributed by atoms with Gasteiger partial charge in [0, 0.05) is 32.0 Å². The molecule has 5 nitrogen and oxygen atoms in total. The number of nitrogens with zero attached hydrogens (tertiary/aromatic N) is 2. The summed E-state index contributed by atoms with van der Waals surface area (Å²) in [5.41, 5.74) is -0.934. The van der Waals surface area contributed by atoms with Crippen LogP contribution >= 0.6 is 0 Å². The SMILES string of the molecule is CCn1ccc(=O)n(CCCOCC(F)(F)F)c1=O. The van der Waals surface area contributed by atoms with E-state index >= 15 is 0 Å². The molecule has 0 N–H and O–H groups in total. The minimum Gasteiger partial charge on any atom is -0.372 e. The van der Waals surface area contributed by atoms with Crippen LogP contribution < -0.4 is 11.2 Å². The topological polar surface area (TPSA) is 53.2 Å². The van der Waals surface area contributed by atoms with Crippen molar-refractivity contribution < 1.29 is 17.9 Å². The van der Waals surface area contributed by atoms with Crippen molar-refractivity contribution in [2.24, 2.45) is 0 Å². The van der Waals surface area contributed by atoms with Gasteiger partial charge in [0.25, 0.3) is 5.56 Å². The molecule has 1 heterocycles. The Morgan fingerprint density at radius 3 is 2.58 bits per heavy atom. The highest BCUT2D eigenvalue weighted by atomic mass is 19.4. The molecule has 0 spiro atoms. The monoisotopic (exact) mass is 280 g/mol. The Morgan fingerprint density at radius 1 is 1.32 bits per heavy atom. The molecule has 0 aliphatic rings. The number of aryl methyl sites for hydroxylation is 1. The molecular formula is C11H15F3N2O3. The van der Waals surface area contributed by atoms with E-state index < -0.39 is 24.0 Å². The third kappa shape index (κ3) is 4.90. The van der Waals surface area contributed by atoms with Crippen LogP contribution in [-0.2, 0) is 17.8 Å². The highest BCUT2D eigenvalue weighted by Gasteiger charge is 2.27. The molecule has 0 atom stereocenters. The molecule has 0 fully saturated rings. The first-order valence-electron chi connectivity index (χ1n) is 5.80. The largest absolute Gasteiger partial charge is 0.411 e. The second-order valence-electron chi connectivity index (χ2n) is 3.90. The summed E-state index contributed by atoms with van der Waals surface area (Å²) < 4.78 is 42.1. The molecule has 0 saturated carbocycles. The Balaban J connectivity index is 2.55. The number of ether oxygens (including phenoxy) is 1. The van der Waals surface area contributed by atoms with Crippen molar-refractivity contribution in [2.45, 2.75) is 32.6 Å². The van der Waals surface area contributed by atoms with Gasteiger partial charge < -0.3 is 9.30 Å². The second kappa shape index (κ2) is 6.55. The lowest BCUT2D eigenvalue weighted by molar-refractivity contribution is -0.174. The van der Waals surface area contributed by atoms with E-state index in [9.17, 15) is 22.8 Å². The van der Waals surface area contributed by atoms with Crippen LogP contribution in [0.3, 0.4) is 0 Å². The summed E-state index contributed by atoms with van der Waals surface area (Å²) in [5, 5.41) is 0. The zero-order valence-corrected chi connectivity index (χ0v) is 10.4. The van der Waals surface area contributed by atoms with Crippen LogP contribution in [0.15, 0.2) is 21.9 Å². The van der Waals surface area contributed by atoms with E-state index in [0.29, 0.717) is 6.54 Å². The van der Waals surface area contributed by atoms with Crippen LogP contribution in [0.5, 0.6) is 0 Å². The lowest BCUT2D eigenvalue weighted by atomic mass is 10.4. The van der Waals surface area contributed by atoms with Crippen molar-refractivity contribution in [2.75, 3.05) is 13.2 Å². The van der Waals surface area contributed by atoms with Gasteiger partial charge in [-0.15, -0.1) is 0 Å². The van der Waals surface area contributed by atoms with E-state index in [0.717, 1.165) is 4.57 Å². The Kier molecular flexibility index (Phi) is 5.34. The Hall–Kier alpha value is -1.57. The predicted molar refractivity (Wildman–Crippen MR) is 62.1 cm³/mol. The molecule has 0 saturated heterocycles. The van der Waals surface area contributed by atoms with Gasteiger partial charge in [-0.3, -0.25) is 9.36 Å². The quantitative estimate of drug-likeness (QED) is 0.730. The van der Waals surface area contributed by atoms with E-state index in [2.05, 4.69) is 4.74 Å². The summed E-state index contributed by atoms with van der Waals surface area (Å²) in [6.07, 6.45) is -2.81. The summed E-state index contributed by atoms with van der Waals surface area (Å²) in [6.45, 7) is 0.727. The minimum atomic E-state index is -4.36. The number of alkyl halides is 3. The van der Waals surface area contributed by atoms with E-state index in [1.54, 1.807) is 6.92 Å². The molecule has 19 heavy (non-hydrogen) atoms. The lowest BCUT2D eigenvalue weighted by Crippen LogP contribution is -2.39. The molecule has 0 aliphatic heterocycles. The molecule has 0 aromatic carbocycles. The van der Waals surface area contributed by atoms with Crippen LogP contribution in [-0.4, -0.2) is 28.5 Å². The summed E-state index contributed by atoms with van der Waals surface area (Å²) in [6, 6.07) is 1.25. The van der Waals surface area contributed by atoms with Crippen molar-refractivity contribution in [3.8, 4) is 0 Å². The Morgan fingerprint density at radius 2 is 2.00 bits per heavy atom. The smallest absolute Gasteiger partial charge is 0.372 e. The number of rotatable bonds is 6. The maximum absolute atomic E-state index is 11.8. The Labute approximate surface area is 107 Å². The molecule has 8 heteroatoms. The third-order valence-corrected chi connectivity index (χ3v) is 2.42. The number of aromatic nitrogens is 2. The van der Waals surface area contributed by atoms with Crippen LogP contribution in [0.4, 0.5) is 13.2 Å². The van der Waals surface area contributed by atoms with Gasteiger partial charge in [0.05, 0.1) is 0 Å². The summed E-state index contributed by atoms with van der Waals surface area (Å²) in [5.74, 6) is 0. The van der Waals surface area contributed by atoms with E-state index in [1.807, 2.05) is 0 Å². The first-order valence-corrected chi connectivity index (χ1v) is 5.80.